The Bertz CT molecular complexity index is 937. The first-order valence-corrected chi connectivity index (χ1v) is 9.31. The summed E-state index contributed by atoms with van der Waals surface area (Å²) in [7, 11) is -4.16. The largest absolute Gasteiger partial charge is 0.475 e. The molecule has 5 N–H and O–H groups in total. The van der Waals surface area contributed by atoms with Gasteiger partial charge in [-0.05, 0) is 19.1 Å². The van der Waals surface area contributed by atoms with Gasteiger partial charge in [-0.15, -0.1) is 0 Å². The van der Waals surface area contributed by atoms with Crippen LogP contribution >= 0.6 is 7.60 Å². The number of rotatable bonds is 6. The zero-order valence-corrected chi connectivity index (χ0v) is 15.1. The highest BCUT2D eigenvalue weighted by Crippen LogP contribution is 2.34. The summed E-state index contributed by atoms with van der Waals surface area (Å²) in [4.78, 5) is 39.4. The van der Waals surface area contributed by atoms with Crippen molar-refractivity contribution in [3.05, 3.63) is 36.8 Å². The van der Waals surface area contributed by atoms with Gasteiger partial charge in [0, 0.05) is 0 Å². The quantitative estimate of drug-likeness (QED) is 0.432. The normalized spacial score (nSPS) is 12.4. The van der Waals surface area contributed by atoms with E-state index in [4.69, 9.17) is 25.4 Å². The lowest BCUT2D eigenvalue weighted by atomic mass is 10.4. The van der Waals surface area contributed by atoms with Gasteiger partial charge in [-0.3, -0.25) is 4.57 Å². The van der Waals surface area contributed by atoms with E-state index in [-0.39, 0.29) is 11.6 Å². The van der Waals surface area contributed by atoms with Gasteiger partial charge < -0.3 is 34.3 Å². The highest BCUT2D eigenvalue weighted by molar-refractivity contribution is 7.51. The van der Waals surface area contributed by atoms with E-state index in [1.807, 2.05) is 0 Å². The number of carbonyl (C=O) groups is 1. The van der Waals surface area contributed by atoms with Gasteiger partial charge in [0.15, 0.2) is 11.5 Å². The van der Waals surface area contributed by atoms with E-state index in [1.165, 1.54) is 31.1 Å². The minimum Gasteiger partial charge on any atom is -0.475 e. The Hall–Kier alpha value is -2.79. The number of ether oxygens (including phenoxy) is 1. The van der Waals surface area contributed by atoms with Gasteiger partial charge in [0.1, 0.15) is 18.2 Å². The molecule has 146 valence electrons. The Kier molecular flexibility index (Phi) is 6.64. The Balaban J connectivity index is 0.000000273. The van der Waals surface area contributed by atoms with Crippen molar-refractivity contribution in [1.29, 1.82) is 0 Å². The summed E-state index contributed by atoms with van der Waals surface area (Å²) >= 11 is 0. The standard InChI is InChI=1S/C9H14N5O4P.C5H4O3/c1-6(18-5-19(15,16)17)2-14-4-13-7-8(10)11-3-12-9(7)14;6-5(7)4-2-1-3-8-4/h3-4,6H,2,5H2,1H3,(H2,10,11,12)(H2,15,16,17);1-3H,(H,6,7)/t6-;/m1./s1. The molecule has 3 heterocycles. The first-order chi connectivity index (χ1) is 12.7. The number of hydrogen-bond acceptors (Lipinski definition) is 8. The molecule has 3 aromatic rings. The zero-order chi connectivity index (χ0) is 20.0. The van der Waals surface area contributed by atoms with Crippen molar-refractivity contribution < 1.29 is 33.4 Å². The molecular formula is C14H18N5O7P. The number of nitrogen functional groups attached to an aromatic ring is 1. The van der Waals surface area contributed by atoms with Crippen LogP contribution in [0.4, 0.5) is 5.82 Å². The maximum absolute atomic E-state index is 10.7. The van der Waals surface area contributed by atoms with Crippen molar-refractivity contribution in [2.45, 2.75) is 19.6 Å². The minimum absolute atomic E-state index is 0.0231. The SMILES string of the molecule is C[C@H](Cn1cnc2c(N)ncnc21)OCP(=O)(O)O.O=C(O)c1ccco1. The second-order valence-electron chi connectivity index (χ2n) is 5.38. The number of fused-ring (bicyclic) bond motifs is 1. The van der Waals surface area contributed by atoms with Gasteiger partial charge in [0.2, 0.25) is 5.76 Å². The van der Waals surface area contributed by atoms with E-state index in [1.54, 1.807) is 11.5 Å². The number of nitrogens with zero attached hydrogens (tertiary/aromatic N) is 4. The highest BCUT2D eigenvalue weighted by atomic mass is 31.2. The van der Waals surface area contributed by atoms with Crippen molar-refractivity contribution in [3.63, 3.8) is 0 Å². The fourth-order valence-electron chi connectivity index (χ4n) is 1.99. The number of imidazole rings is 1. The van der Waals surface area contributed by atoms with Crippen molar-refractivity contribution in [2.24, 2.45) is 0 Å². The smallest absolute Gasteiger partial charge is 0.371 e. The molecule has 12 nitrogen and oxygen atoms in total. The highest BCUT2D eigenvalue weighted by Gasteiger charge is 2.16. The van der Waals surface area contributed by atoms with Crippen LogP contribution in [0.5, 0.6) is 0 Å². The van der Waals surface area contributed by atoms with Crippen molar-refractivity contribution in [2.75, 3.05) is 12.1 Å². The molecule has 0 spiro atoms. The van der Waals surface area contributed by atoms with Crippen LogP contribution < -0.4 is 5.73 Å². The number of furan rings is 1. The maximum atomic E-state index is 10.7. The topological polar surface area (TPSA) is 187 Å². The molecule has 0 amide bonds. The lowest BCUT2D eigenvalue weighted by Crippen LogP contribution is -2.17. The third-order valence-corrected chi connectivity index (χ3v) is 3.63. The number of anilines is 1. The second-order valence-corrected chi connectivity index (χ2v) is 6.97. The lowest BCUT2D eigenvalue weighted by Gasteiger charge is -2.14. The first kappa shape index (κ1) is 20.5. The van der Waals surface area contributed by atoms with Crippen LogP contribution in [0, 0.1) is 0 Å². The van der Waals surface area contributed by atoms with Gasteiger partial charge in [-0.25, -0.2) is 19.7 Å². The van der Waals surface area contributed by atoms with Crippen LogP contribution in [0.1, 0.15) is 17.5 Å². The minimum atomic E-state index is -4.16. The summed E-state index contributed by atoms with van der Waals surface area (Å²) < 4.78 is 22.0. The molecule has 3 aromatic heterocycles. The van der Waals surface area contributed by atoms with Crippen LogP contribution in [-0.2, 0) is 15.8 Å². The fraction of sp³-hybridized carbons (Fsp3) is 0.286. The van der Waals surface area contributed by atoms with E-state index in [0.717, 1.165) is 0 Å². The lowest BCUT2D eigenvalue weighted by molar-refractivity contribution is 0.0662. The van der Waals surface area contributed by atoms with E-state index in [0.29, 0.717) is 17.7 Å². The van der Waals surface area contributed by atoms with Gasteiger partial charge in [-0.1, -0.05) is 0 Å². The van der Waals surface area contributed by atoms with E-state index in [9.17, 15) is 9.36 Å². The molecule has 0 fully saturated rings. The van der Waals surface area contributed by atoms with Crippen LogP contribution in [0.25, 0.3) is 11.2 Å². The molecule has 13 heteroatoms. The van der Waals surface area contributed by atoms with Gasteiger partial charge in [0.05, 0.1) is 25.2 Å². The van der Waals surface area contributed by atoms with Gasteiger partial charge >= 0.3 is 13.6 Å². The Morgan fingerprint density at radius 1 is 1.41 bits per heavy atom. The fourth-order valence-corrected chi connectivity index (χ4v) is 2.44. The van der Waals surface area contributed by atoms with Crippen LogP contribution in [0.15, 0.2) is 35.5 Å². The number of carboxylic acids is 1. The number of aromatic carboxylic acids is 1. The molecule has 1 atom stereocenters. The summed E-state index contributed by atoms with van der Waals surface area (Å²) in [6.45, 7) is 2.05. The van der Waals surface area contributed by atoms with Crippen LogP contribution in [0.3, 0.4) is 0 Å². The number of aromatic nitrogens is 4. The molecule has 0 bridgehead atoms. The van der Waals surface area contributed by atoms with E-state index < -0.39 is 26.0 Å². The number of hydrogen-bond donors (Lipinski definition) is 4. The zero-order valence-electron chi connectivity index (χ0n) is 14.2. The first-order valence-electron chi connectivity index (χ1n) is 7.51. The summed E-state index contributed by atoms with van der Waals surface area (Å²) in [5, 5.41) is 8.18. The third kappa shape index (κ3) is 6.15. The van der Waals surface area contributed by atoms with E-state index >= 15 is 0 Å². The maximum Gasteiger partial charge on any atom is 0.371 e. The molecule has 0 aliphatic rings. The molecule has 0 aliphatic heterocycles. The number of carboxylic acid groups (broad SMARTS) is 1. The summed E-state index contributed by atoms with van der Waals surface area (Å²) in [5.74, 6) is -0.771. The van der Waals surface area contributed by atoms with Crippen LogP contribution in [0.2, 0.25) is 0 Å². The molecule has 0 unspecified atom stereocenters. The third-order valence-electron chi connectivity index (χ3n) is 3.14. The average Bonchev–Trinajstić information content (AvgIpc) is 3.24. The molecule has 0 aromatic carbocycles. The Morgan fingerprint density at radius 3 is 2.70 bits per heavy atom. The Labute approximate surface area is 152 Å². The molecule has 0 aliphatic carbocycles. The molecule has 0 saturated carbocycles. The second kappa shape index (κ2) is 8.73. The van der Waals surface area contributed by atoms with Crippen LogP contribution in [-0.4, -0.2) is 52.8 Å². The predicted molar refractivity (Wildman–Crippen MR) is 92.9 cm³/mol. The van der Waals surface area contributed by atoms with Gasteiger partial charge in [-0.2, -0.15) is 0 Å². The summed E-state index contributed by atoms with van der Waals surface area (Å²) in [6.07, 6.45) is 3.17. The molecule has 3 rings (SSSR count). The van der Waals surface area contributed by atoms with Gasteiger partial charge in [0.25, 0.3) is 0 Å². The monoisotopic (exact) mass is 399 g/mol. The predicted octanol–water partition coefficient (Wildman–Crippen LogP) is 0.927. The van der Waals surface area contributed by atoms with E-state index in [2.05, 4.69) is 19.4 Å². The Morgan fingerprint density at radius 2 is 2.15 bits per heavy atom. The molecule has 27 heavy (non-hydrogen) atoms. The summed E-state index contributed by atoms with van der Waals surface area (Å²) in [6, 6.07) is 2.92. The molecular weight excluding hydrogens is 381 g/mol. The molecule has 0 saturated heterocycles. The summed E-state index contributed by atoms with van der Waals surface area (Å²) in [5.41, 5.74) is 6.70. The number of nitrogens with two attached hydrogens (primary N) is 1. The average molecular weight is 399 g/mol. The van der Waals surface area contributed by atoms with Crippen molar-refractivity contribution in [3.8, 4) is 0 Å². The van der Waals surface area contributed by atoms with Crippen molar-refractivity contribution in [1.82, 2.24) is 19.5 Å². The van der Waals surface area contributed by atoms with Crippen molar-refractivity contribution >= 4 is 30.5 Å². The molecule has 0 radical (unpaired) electrons.